The number of aromatic nitrogens is 2. The lowest BCUT2D eigenvalue weighted by Crippen LogP contribution is -2.03. The minimum Gasteiger partial charge on any atom is -0.291 e. The Bertz CT molecular complexity index is 581. The monoisotopic (exact) mass is 230 g/mol. The van der Waals surface area contributed by atoms with Crippen molar-refractivity contribution in [2.75, 3.05) is 0 Å². The number of rotatable bonds is 2. The Kier molecular flexibility index (Phi) is 2.95. The Balaban J connectivity index is 2.56. The third-order valence-electron chi connectivity index (χ3n) is 2.29. The number of aryl methyl sites for hydroxylation is 1. The minimum atomic E-state index is -0.330. The molecule has 4 heteroatoms. The molecule has 0 radical (unpaired) electrons. The largest absolute Gasteiger partial charge is 0.291 e. The van der Waals surface area contributed by atoms with Crippen LogP contribution in [0.15, 0.2) is 30.3 Å². The Morgan fingerprint density at radius 3 is 2.65 bits per heavy atom. The third kappa shape index (κ3) is 2.53. The van der Waals surface area contributed by atoms with Gasteiger partial charge in [0.2, 0.25) is 0 Å². The van der Waals surface area contributed by atoms with Crippen LogP contribution < -0.4 is 0 Å². The van der Waals surface area contributed by atoms with Crippen LogP contribution >= 0.6 is 0 Å². The predicted molar refractivity (Wildman–Crippen MR) is 62.2 cm³/mol. The van der Waals surface area contributed by atoms with Gasteiger partial charge in [-0.15, -0.1) is 0 Å². The Morgan fingerprint density at radius 1 is 1.24 bits per heavy atom. The van der Waals surface area contributed by atoms with Crippen LogP contribution in [0.5, 0.6) is 0 Å². The van der Waals surface area contributed by atoms with Crippen LogP contribution in [0.25, 0.3) is 11.3 Å². The molecule has 1 heterocycles. The quantitative estimate of drug-likeness (QED) is 0.745. The lowest BCUT2D eigenvalue weighted by atomic mass is 10.1. The van der Waals surface area contributed by atoms with Crippen LogP contribution in [-0.2, 0) is 0 Å². The van der Waals surface area contributed by atoms with Crippen molar-refractivity contribution < 1.29 is 9.18 Å². The maximum absolute atomic E-state index is 13.1. The van der Waals surface area contributed by atoms with Crippen molar-refractivity contribution in [1.29, 1.82) is 0 Å². The number of carbonyl (C=O) groups excluding carboxylic acids is 1. The van der Waals surface area contributed by atoms with Gasteiger partial charge in [-0.2, -0.15) is 0 Å². The molecule has 0 saturated heterocycles. The normalized spacial score (nSPS) is 10.3. The number of Topliss-reactive ketones (excluding diaryl/α,β-unsaturated/α-hetero) is 1. The molecule has 17 heavy (non-hydrogen) atoms. The molecule has 0 unspecified atom stereocenters. The smallest absolute Gasteiger partial charge is 0.196 e. The highest BCUT2D eigenvalue weighted by Crippen LogP contribution is 2.18. The lowest BCUT2D eigenvalue weighted by Gasteiger charge is -2.04. The summed E-state index contributed by atoms with van der Waals surface area (Å²) in [4.78, 5) is 19.4. The molecule has 0 saturated carbocycles. The summed E-state index contributed by atoms with van der Waals surface area (Å²) in [6, 6.07) is 7.82. The summed E-state index contributed by atoms with van der Waals surface area (Å²) in [6.07, 6.45) is 0. The van der Waals surface area contributed by atoms with E-state index in [4.69, 9.17) is 0 Å². The molecule has 0 atom stereocenters. The molecule has 2 rings (SSSR count). The highest BCUT2D eigenvalue weighted by molar-refractivity contribution is 5.90. The summed E-state index contributed by atoms with van der Waals surface area (Å²) < 4.78 is 13.1. The van der Waals surface area contributed by atoms with Crippen LogP contribution in [0.3, 0.4) is 0 Å². The van der Waals surface area contributed by atoms with Gasteiger partial charge in [0.05, 0.1) is 5.69 Å². The molecular weight excluding hydrogens is 219 g/mol. The van der Waals surface area contributed by atoms with Crippen LogP contribution in [0.2, 0.25) is 0 Å². The molecule has 2 aromatic rings. The number of hydrogen-bond acceptors (Lipinski definition) is 3. The number of carbonyl (C=O) groups is 1. The van der Waals surface area contributed by atoms with E-state index in [0.717, 1.165) is 0 Å². The van der Waals surface area contributed by atoms with Gasteiger partial charge in [0.1, 0.15) is 5.82 Å². The fraction of sp³-hybridized carbons (Fsp3) is 0.154. The van der Waals surface area contributed by atoms with Gasteiger partial charge in [0.15, 0.2) is 11.6 Å². The number of benzene rings is 1. The zero-order valence-corrected chi connectivity index (χ0v) is 9.57. The van der Waals surface area contributed by atoms with Crippen LogP contribution in [0, 0.1) is 12.7 Å². The van der Waals surface area contributed by atoms with E-state index in [2.05, 4.69) is 9.97 Å². The van der Waals surface area contributed by atoms with E-state index in [1.54, 1.807) is 25.1 Å². The molecule has 86 valence electrons. The first-order chi connectivity index (χ1) is 8.06. The maximum Gasteiger partial charge on any atom is 0.196 e. The first-order valence-electron chi connectivity index (χ1n) is 5.19. The number of ketones is 1. The maximum atomic E-state index is 13.1. The van der Waals surface area contributed by atoms with Crippen molar-refractivity contribution in [2.45, 2.75) is 13.8 Å². The predicted octanol–water partition coefficient (Wildman–Crippen LogP) is 2.79. The number of nitrogens with zero attached hydrogens (tertiary/aromatic N) is 2. The molecule has 0 aliphatic carbocycles. The third-order valence-corrected chi connectivity index (χ3v) is 2.29. The summed E-state index contributed by atoms with van der Waals surface area (Å²) in [5, 5.41) is 0. The van der Waals surface area contributed by atoms with Gasteiger partial charge in [0, 0.05) is 18.2 Å². The molecule has 0 amide bonds. The topological polar surface area (TPSA) is 42.9 Å². The number of halogens is 1. The van der Waals surface area contributed by atoms with Crippen molar-refractivity contribution in [3.8, 4) is 11.3 Å². The molecule has 1 aromatic carbocycles. The van der Waals surface area contributed by atoms with Gasteiger partial charge in [-0.1, -0.05) is 12.1 Å². The average molecular weight is 230 g/mol. The molecule has 3 nitrogen and oxygen atoms in total. The Morgan fingerprint density at radius 2 is 2.00 bits per heavy atom. The van der Waals surface area contributed by atoms with E-state index in [-0.39, 0.29) is 17.4 Å². The van der Waals surface area contributed by atoms with Gasteiger partial charge < -0.3 is 0 Å². The molecule has 0 fully saturated rings. The van der Waals surface area contributed by atoms with Gasteiger partial charge in [-0.25, -0.2) is 14.4 Å². The van der Waals surface area contributed by atoms with E-state index in [1.165, 1.54) is 19.1 Å². The van der Waals surface area contributed by atoms with Crippen LogP contribution in [0.1, 0.15) is 23.2 Å². The minimum absolute atomic E-state index is 0.157. The number of hydrogen-bond donors (Lipinski definition) is 0. The second-order valence-electron chi connectivity index (χ2n) is 3.78. The van der Waals surface area contributed by atoms with Gasteiger partial charge in [-0.05, 0) is 25.1 Å². The van der Waals surface area contributed by atoms with E-state index < -0.39 is 0 Å². The Hall–Kier alpha value is -2.10. The molecule has 1 aromatic heterocycles. The summed E-state index contributed by atoms with van der Waals surface area (Å²) in [7, 11) is 0. The fourth-order valence-electron chi connectivity index (χ4n) is 1.52. The summed E-state index contributed by atoms with van der Waals surface area (Å²) in [6.45, 7) is 3.18. The van der Waals surface area contributed by atoms with Gasteiger partial charge in [-0.3, -0.25) is 4.79 Å². The molecule has 0 aliphatic heterocycles. The fourth-order valence-corrected chi connectivity index (χ4v) is 1.52. The van der Waals surface area contributed by atoms with Gasteiger partial charge in [0.25, 0.3) is 0 Å². The summed E-state index contributed by atoms with van der Waals surface area (Å²) in [5.41, 5.74) is 1.88. The second kappa shape index (κ2) is 4.41. The van der Waals surface area contributed by atoms with Crippen molar-refractivity contribution in [3.63, 3.8) is 0 Å². The zero-order chi connectivity index (χ0) is 12.4. The molecule has 0 aliphatic rings. The SMILES string of the molecule is CC(=O)c1nc(C)cc(-c2cccc(F)c2)n1. The van der Waals surface area contributed by atoms with Crippen molar-refractivity contribution in [1.82, 2.24) is 9.97 Å². The van der Waals surface area contributed by atoms with Crippen molar-refractivity contribution >= 4 is 5.78 Å². The average Bonchev–Trinajstić information content (AvgIpc) is 2.28. The summed E-state index contributed by atoms with van der Waals surface area (Å²) in [5.74, 6) is -0.376. The summed E-state index contributed by atoms with van der Waals surface area (Å²) >= 11 is 0. The second-order valence-corrected chi connectivity index (χ2v) is 3.78. The molecule has 0 spiro atoms. The standard InChI is InChI=1S/C13H11FN2O/c1-8-6-12(16-13(15-8)9(2)17)10-4-3-5-11(14)7-10/h3-7H,1-2H3. The highest BCUT2D eigenvalue weighted by Gasteiger charge is 2.08. The first kappa shape index (κ1) is 11.4. The highest BCUT2D eigenvalue weighted by atomic mass is 19.1. The molecular formula is C13H11FN2O. The van der Waals surface area contributed by atoms with Crippen molar-refractivity contribution in [2.24, 2.45) is 0 Å². The first-order valence-corrected chi connectivity index (χ1v) is 5.19. The van der Waals surface area contributed by atoms with Gasteiger partial charge >= 0.3 is 0 Å². The van der Waals surface area contributed by atoms with Crippen LogP contribution in [-0.4, -0.2) is 15.8 Å². The van der Waals surface area contributed by atoms with E-state index >= 15 is 0 Å². The lowest BCUT2D eigenvalue weighted by molar-refractivity contribution is 0.100. The van der Waals surface area contributed by atoms with E-state index in [9.17, 15) is 9.18 Å². The van der Waals surface area contributed by atoms with E-state index in [0.29, 0.717) is 17.0 Å². The van der Waals surface area contributed by atoms with Crippen LogP contribution in [0.4, 0.5) is 4.39 Å². The zero-order valence-electron chi connectivity index (χ0n) is 9.57. The Labute approximate surface area is 98.3 Å². The van der Waals surface area contributed by atoms with E-state index in [1.807, 2.05) is 0 Å². The molecule has 0 N–H and O–H groups in total. The molecule has 0 bridgehead atoms. The van der Waals surface area contributed by atoms with Crippen molar-refractivity contribution in [3.05, 3.63) is 47.7 Å².